The Balaban J connectivity index is 1.98. The number of hydrogen-bond donors (Lipinski definition) is 2. The smallest absolute Gasteiger partial charge is 0.0782 e. The molecule has 1 unspecified atom stereocenters. The van der Waals surface area contributed by atoms with E-state index in [4.69, 9.17) is 0 Å². The molecule has 5 nitrogen and oxygen atoms in total. The molecule has 0 saturated carbocycles. The molecule has 2 rings (SSSR count). The van der Waals surface area contributed by atoms with Crippen molar-refractivity contribution in [3.05, 3.63) is 41.7 Å². The zero-order valence-electron chi connectivity index (χ0n) is 9.44. The van der Waals surface area contributed by atoms with Gasteiger partial charge in [0.05, 0.1) is 11.4 Å². The average Bonchev–Trinajstić information content (AvgIpc) is 2.79. The minimum atomic E-state index is 0.178. The van der Waals surface area contributed by atoms with Crippen molar-refractivity contribution in [3.63, 3.8) is 0 Å². The van der Waals surface area contributed by atoms with Crippen molar-refractivity contribution in [1.82, 2.24) is 25.5 Å². The Morgan fingerprint density at radius 2 is 2.12 bits per heavy atom. The fraction of sp³-hybridized carbons (Fsp3) is 0.364. The molecule has 0 aliphatic heterocycles. The van der Waals surface area contributed by atoms with E-state index in [2.05, 4.69) is 32.4 Å². The highest BCUT2D eigenvalue weighted by Crippen LogP contribution is 2.11. The molecule has 0 fully saturated rings. The lowest BCUT2D eigenvalue weighted by Gasteiger charge is -2.13. The van der Waals surface area contributed by atoms with Gasteiger partial charge in [-0.3, -0.25) is 15.1 Å². The van der Waals surface area contributed by atoms with Crippen molar-refractivity contribution in [3.8, 4) is 0 Å². The van der Waals surface area contributed by atoms with Crippen molar-refractivity contribution in [2.75, 3.05) is 0 Å². The number of hydrogen-bond acceptors (Lipinski definition) is 4. The monoisotopic (exact) mass is 217 g/mol. The molecule has 1 atom stereocenters. The molecule has 16 heavy (non-hydrogen) atoms. The summed E-state index contributed by atoms with van der Waals surface area (Å²) in [4.78, 5) is 8.55. The van der Waals surface area contributed by atoms with Crippen LogP contribution in [0.3, 0.4) is 0 Å². The van der Waals surface area contributed by atoms with Crippen LogP contribution in [0.2, 0.25) is 0 Å². The highest BCUT2D eigenvalue weighted by molar-refractivity contribution is 5.12. The summed E-state index contributed by atoms with van der Waals surface area (Å²) in [6, 6.07) is 2.13. The molecule has 0 aliphatic rings. The molecule has 0 spiro atoms. The van der Waals surface area contributed by atoms with Gasteiger partial charge < -0.3 is 5.32 Å². The van der Waals surface area contributed by atoms with E-state index < -0.39 is 0 Å². The van der Waals surface area contributed by atoms with Crippen LogP contribution >= 0.6 is 0 Å². The van der Waals surface area contributed by atoms with E-state index >= 15 is 0 Å². The summed E-state index contributed by atoms with van der Waals surface area (Å²) >= 11 is 0. The molecular weight excluding hydrogens is 202 g/mol. The van der Waals surface area contributed by atoms with Gasteiger partial charge >= 0.3 is 0 Å². The number of aromatic amines is 1. The van der Waals surface area contributed by atoms with Gasteiger partial charge in [0.15, 0.2) is 0 Å². The zero-order chi connectivity index (χ0) is 11.4. The standard InChI is InChI=1S/C11H15N5/c1-8-11(13-6-5-12-8)9(2)14-7-10-3-4-15-16-10/h3-6,9,14H,7H2,1-2H3,(H,15,16). The molecule has 0 aromatic carbocycles. The summed E-state index contributed by atoms with van der Waals surface area (Å²) in [5, 5.41) is 10.2. The normalized spacial score (nSPS) is 12.6. The Morgan fingerprint density at radius 1 is 1.31 bits per heavy atom. The second-order valence-electron chi connectivity index (χ2n) is 3.71. The van der Waals surface area contributed by atoms with Crippen molar-refractivity contribution in [2.45, 2.75) is 26.4 Å². The molecule has 5 heteroatoms. The van der Waals surface area contributed by atoms with Crippen LogP contribution in [0.15, 0.2) is 24.7 Å². The number of aryl methyl sites for hydroxylation is 1. The average molecular weight is 217 g/mol. The minimum absolute atomic E-state index is 0.178. The first-order valence-electron chi connectivity index (χ1n) is 5.26. The maximum atomic E-state index is 4.33. The third-order valence-electron chi connectivity index (χ3n) is 2.49. The summed E-state index contributed by atoms with van der Waals surface area (Å²) in [7, 11) is 0. The molecule has 0 bridgehead atoms. The summed E-state index contributed by atoms with van der Waals surface area (Å²) in [6.07, 6.45) is 5.17. The lowest BCUT2D eigenvalue weighted by Crippen LogP contribution is -2.20. The maximum absolute atomic E-state index is 4.33. The molecule has 2 heterocycles. The Labute approximate surface area is 94.3 Å². The van der Waals surface area contributed by atoms with Crippen LogP contribution in [0.5, 0.6) is 0 Å². The van der Waals surface area contributed by atoms with Crippen molar-refractivity contribution >= 4 is 0 Å². The Hall–Kier alpha value is -1.75. The second-order valence-corrected chi connectivity index (χ2v) is 3.71. The molecule has 0 aliphatic carbocycles. The van der Waals surface area contributed by atoms with Crippen LogP contribution in [0.1, 0.15) is 30.0 Å². The molecule has 0 radical (unpaired) electrons. The van der Waals surface area contributed by atoms with Gasteiger partial charge in [0, 0.05) is 36.9 Å². The van der Waals surface area contributed by atoms with Gasteiger partial charge in [-0.2, -0.15) is 5.10 Å². The largest absolute Gasteiger partial charge is 0.303 e. The molecule has 2 N–H and O–H groups in total. The van der Waals surface area contributed by atoms with Gasteiger partial charge in [0.1, 0.15) is 0 Å². The van der Waals surface area contributed by atoms with E-state index in [-0.39, 0.29) is 6.04 Å². The Morgan fingerprint density at radius 3 is 2.81 bits per heavy atom. The summed E-state index contributed by atoms with van der Waals surface area (Å²) in [5.74, 6) is 0. The Bertz CT molecular complexity index is 437. The summed E-state index contributed by atoms with van der Waals surface area (Å²) < 4.78 is 0. The predicted octanol–water partition coefficient (Wildman–Crippen LogP) is 1.36. The summed E-state index contributed by atoms with van der Waals surface area (Å²) in [5.41, 5.74) is 3.02. The highest BCUT2D eigenvalue weighted by Gasteiger charge is 2.09. The predicted molar refractivity (Wildman–Crippen MR) is 60.6 cm³/mol. The third-order valence-corrected chi connectivity index (χ3v) is 2.49. The number of nitrogens with zero attached hydrogens (tertiary/aromatic N) is 3. The third kappa shape index (κ3) is 2.43. The lowest BCUT2D eigenvalue weighted by molar-refractivity contribution is 0.549. The number of nitrogens with one attached hydrogen (secondary N) is 2. The van der Waals surface area contributed by atoms with Gasteiger partial charge in [-0.05, 0) is 19.9 Å². The van der Waals surface area contributed by atoms with Gasteiger partial charge in [-0.25, -0.2) is 0 Å². The van der Waals surface area contributed by atoms with E-state index in [1.54, 1.807) is 18.6 Å². The minimum Gasteiger partial charge on any atom is -0.303 e. The fourth-order valence-corrected chi connectivity index (χ4v) is 1.59. The first kappa shape index (κ1) is 10.8. The van der Waals surface area contributed by atoms with E-state index in [0.717, 1.165) is 23.6 Å². The van der Waals surface area contributed by atoms with E-state index in [1.807, 2.05) is 13.0 Å². The van der Waals surface area contributed by atoms with Gasteiger partial charge in [0.2, 0.25) is 0 Å². The van der Waals surface area contributed by atoms with Crippen molar-refractivity contribution in [1.29, 1.82) is 0 Å². The van der Waals surface area contributed by atoms with Crippen LogP contribution in [0.25, 0.3) is 0 Å². The van der Waals surface area contributed by atoms with E-state index in [1.165, 1.54) is 0 Å². The van der Waals surface area contributed by atoms with Crippen LogP contribution < -0.4 is 5.32 Å². The quantitative estimate of drug-likeness (QED) is 0.811. The van der Waals surface area contributed by atoms with Crippen LogP contribution in [-0.2, 0) is 6.54 Å². The number of rotatable bonds is 4. The van der Waals surface area contributed by atoms with Gasteiger partial charge in [-0.1, -0.05) is 0 Å². The second kappa shape index (κ2) is 4.85. The van der Waals surface area contributed by atoms with Crippen molar-refractivity contribution in [2.24, 2.45) is 0 Å². The van der Waals surface area contributed by atoms with Gasteiger partial charge in [0.25, 0.3) is 0 Å². The van der Waals surface area contributed by atoms with E-state index in [9.17, 15) is 0 Å². The van der Waals surface area contributed by atoms with Crippen LogP contribution in [0.4, 0.5) is 0 Å². The Kier molecular flexibility index (Phi) is 3.26. The first-order valence-corrected chi connectivity index (χ1v) is 5.26. The molecule has 2 aromatic heterocycles. The van der Waals surface area contributed by atoms with Crippen LogP contribution in [0, 0.1) is 6.92 Å². The molecular formula is C11H15N5. The summed E-state index contributed by atoms with van der Waals surface area (Å²) in [6.45, 7) is 4.79. The maximum Gasteiger partial charge on any atom is 0.0782 e. The van der Waals surface area contributed by atoms with Gasteiger partial charge in [-0.15, -0.1) is 0 Å². The number of aromatic nitrogens is 4. The molecule has 0 amide bonds. The molecule has 0 saturated heterocycles. The SMILES string of the molecule is Cc1nccnc1C(C)NCc1ccn[nH]1. The van der Waals surface area contributed by atoms with Crippen molar-refractivity contribution < 1.29 is 0 Å². The highest BCUT2D eigenvalue weighted by atomic mass is 15.1. The molecule has 84 valence electrons. The first-order chi connectivity index (χ1) is 7.77. The van der Waals surface area contributed by atoms with Crippen LogP contribution in [-0.4, -0.2) is 20.2 Å². The number of H-pyrrole nitrogens is 1. The molecule has 2 aromatic rings. The van der Waals surface area contributed by atoms with E-state index in [0.29, 0.717) is 0 Å². The zero-order valence-corrected chi connectivity index (χ0v) is 9.44. The topological polar surface area (TPSA) is 66.5 Å². The fourth-order valence-electron chi connectivity index (χ4n) is 1.59. The lowest BCUT2D eigenvalue weighted by atomic mass is 10.2.